The molecule has 1 aromatic carbocycles. The van der Waals surface area contributed by atoms with Gasteiger partial charge in [-0.25, -0.2) is 0 Å². The maximum absolute atomic E-state index is 5.83. The number of methoxy groups -OCH3 is 1. The van der Waals surface area contributed by atoms with Gasteiger partial charge in [-0.15, -0.1) is 0 Å². The average molecular weight is 223 g/mol. The molecule has 0 aliphatic rings. The minimum Gasteiger partial charge on any atom is -0.497 e. The zero-order chi connectivity index (χ0) is 12.0. The van der Waals surface area contributed by atoms with E-state index in [2.05, 4.69) is 13.8 Å². The van der Waals surface area contributed by atoms with Crippen LogP contribution in [0.4, 0.5) is 5.69 Å². The number of nitrogens with two attached hydrogens (primary N) is 1. The number of benzene rings is 1. The SMILES string of the molecule is CCC(CC)COc1cc(OC)ccc1N. The van der Waals surface area contributed by atoms with Crippen molar-refractivity contribution in [2.75, 3.05) is 19.5 Å². The molecule has 0 bridgehead atoms. The summed E-state index contributed by atoms with van der Waals surface area (Å²) < 4.78 is 10.9. The van der Waals surface area contributed by atoms with E-state index in [1.165, 1.54) is 0 Å². The van der Waals surface area contributed by atoms with Crippen LogP contribution in [0.1, 0.15) is 26.7 Å². The van der Waals surface area contributed by atoms with Crippen LogP contribution in [-0.4, -0.2) is 13.7 Å². The first-order valence-corrected chi connectivity index (χ1v) is 5.77. The van der Waals surface area contributed by atoms with Gasteiger partial charge in [0.25, 0.3) is 0 Å². The van der Waals surface area contributed by atoms with Gasteiger partial charge in [-0.1, -0.05) is 26.7 Å². The Bertz CT molecular complexity index is 322. The Hall–Kier alpha value is -1.38. The fourth-order valence-corrected chi connectivity index (χ4v) is 1.50. The minimum atomic E-state index is 0.589. The molecule has 2 N–H and O–H groups in total. The van der Waals surface area contributed by atoms with E-state index in [4.69, 9.17) is 15.2 Å². The highest BCUT2D eigenvalue weighted by Crippen LogP contribution is 2.27. The fourth-order valence-electron chi connectivity index (χ4n) is 1.50. The van der Waals surface area contributed by atoms with Crippen LogP contribution >= 0.6 is 0 Å². The first-order chi connectivity index (χ1) is 7.71. The number of anilines is 1. The van der Waals surface area contributed by atoms with Gasteiger partial charge in [-0.2, -0.15) is 0 Å². The molecule has 90 valence electrons. The molecule has 1 aromatic rings. The molecule has 0 saturated heterocycles. The van der Waals surface area contributed by atoms with Gasteiger partial charge in [-0.05, 0) is 18.1 Å². The molecule has 3 nitrogen and oxygen atoms in total. The summed E-state index contributed by atoms with van der Waals surface area (Å²) in [5.74, 6) is 2.07. The van der Waals surface area contributed by atoms with Gasteiger partial charge >= 0.3 is 0 Å². The molecule has 0 aromatic heterocycles. The Balaban J connectivity index is 2.65. The lowest BCUT2D eigenvalue weighted by molar-refractivity contribution is 0.241. The van der Waals surface area contributed by atoms with E-state index in [1.54, 1.807) is 13.2 Å². The van der Waals surface area contributed by atoms with Crippen molar-refractivity contribution in [1.29, 1.82) is 0 Å². The van der Waals surface area contributed by atoms with Gasteiger partial charge in [0, 0.05) is 6.07 Å². The van der Waals surface area contributed by atoms with Crippen molar-refractivity contribution in [2.24, 2.45) is 5.92 Å². The Labute approximate surface area is 97.6 Å². The summed E-state index contributed by atoms with van der Waals surface area (Å²) in [6.45, 7) is 5.06. The van der Waals surface area contributed by atoms with Crippen LogP contribution in [0, 0.1) is 5.92 Å². The summed E-state index contributed by atoms with van der Waals surface area (Å²) in [6.07, 6.45) is 2.25. The molecule has 1 rings (SSSR count). The number of nitrogen functional groups attached to an aromatic ring is 1. The van der Waals surface area contributed by atoms with E-state index < -0.39 is 0 Å². The molecular weight excluding hydrogens is 202 g/mol. The predicted molar refractivity (Wildman–Crippen MR) is 67.0 cm³/mol. The van der Waals surface area contributed by atoms with Crippen molar-refractivity contribution < 1.29 is 9.47 Å². The number of hydrogen-bond acceptors (Lipinski definition) is 3. The third-order valence-corrected chi connectivity index (χ3v) is 2.85. The van der Waals surface area contributed by atoms with Crippen LogP contribution in [0.25, 0.3) is 0 Å². The number of rotatable bonds is 6. The molecule has 0 radical (unpaired) electrons. The van der Waals surface area contributed by atoms with E-state index in [0.717, 1.165) is 18.6 Å². The molecule has 0 heterocycles. The van der Waals surface area contributed by atoms with E-state index in [-0.39, 0.29) is 0 Å². The van der Waals surface area contributed by atoms with Crippen molar-refractivity contribution in [2.45, 2.75) is 26.7 Å². The monoisotopic (exact) mass is 223 g/mol. The van der Waals surface area contributed by atoms with Gasteiger partial charge in [0.2, 0.25) is 0 Å². The lowest BCUT2D eigenvalue weighted by Gasteiger charge is -2.15. The van der Waals surface area contributed by atoms with Crippen molar-refractivity contribution in [3.8, 4) is 11.5 Å². The highest BCUT2D eigenvalue weighted by molar-refractivity contribution is 5.55. The zero-order valence-electron chi connectivity index (χ0n) is 10.3. The molecule has 0 fully saturated rings. The normalized spacial score (nSPS) is 10.5. The third-order valence-electron chi connectivity index (χ3n) is 2.85. The average Bonchev–Trinajstić information content (AvgIpc) is 2.32. The second kappa shape index (κ2) is 6.26. The van der Waals surface area contributed by atoms with Gasteiger partial charge in [0.1, 0.15) is 11.5 Å². The third kappa shape index (κ3) is 3.33. The standard InChI is InChI=1S/C13H21NO2/c1-4-10(5-2)9-16-13-8-11(15-3)6-7-12(13)14/h6-8,10H,4-5,9,14H2,1-3H3. The molecule has 0 aliphatic carbocycles. The molecule has 0 amide bonds. The number of hydrogen-bond donors (Lipinski definition) is 1. The fraction of sp³-hybridized carbons (Fsp3) is 0.538. The number of ether oxygens (including phenoxy) is 2. The van der Waals surface area contributed by atoms with Gasteiger partial charge in [0.05, 0.1) is 19.4 Å². The smallest absolute Gasteiger partial charge is 0.145 e. The van der Waals surface area contributed by atoms with Gasteiger partial charge < -0.3 is 15.2 Å². The summed E-state index contributed by atoms with van der Waals surface area (Å²) in [4.78, 5) is 0. The van der Waals surface area contributed by atoms with E-state index >= 15 is 0 Å². The van der Waals surface area contributed by atoms with Crippen LogP contribution < -0.4 is 15.2 Å². The molecule has 0 saturated carbocycles. The first kappa shape index (κ1) is 12.7. The molecule has 0 atom stereocenters. The van der Waals surface area contributed by atoms with E-state index in [0.29, 0.717) is 24.0 Å². The Kier molecular flexibility index (Phi) is 4.96. The lowest BCUT2D eigenvalue weighted by atomic mass is 10.1. The predicted octanol–water partition coefficient (Wildman–Crippen LogP) is 3.09. The second-order valence-corrected chi connectivity index (χ2v) is 3.90. The quantitative estimate of drug-likeness (QED) is 0.754. The van der Waals surface area contributed by atoms with Crippen LogP contribution in [0.15, 0.2) is 18.2 Å². The summed E-state index contributed by atoms with van der Waals surface area (Å²) in [7, 11) is 1.64. The maximum atomic E-state index is 5.83. The Morgan fingerprint density at radius 3 is 2.50 bits per heavy atom. The van der Waals surface area contributed by atoms with Crippen molar-refractivity contribution in [3.05, 3.63) is 18.2 Å². The van der Waals surface area contributed by atoms with Crippen LogP contribution in [0.2, 0.25) is 0 Å². The van der Waals surface area contributed by atoms with Crippen molar-refractivity contribution in [1.82, 2.24) is 0 Å². The summed E-state index contributed by atoms with van der Waals surface area (Å²) in [5, 5.41) is 0. The largest absolute Gasteiger partial charge is 0.497 e. The van der Waals surface area contributed by atoms with Crippen LogP contribution in [0.3, 0.4) is 0 Å². The van der Waals surface area contributed by atoms with E-state index in [1.807, 2.05) is 12.1 Å². The van der Waals surface area contributed by atoms with Crippen LogP contribution in [0.5, 0.6) is 11.5 Å². The van der Waals surface area contributed by atoms with Crippen LogP contribution in [-0.2, 0) is 0 Å². The lowest BCUT2D eigenvalue weighted by Crippen LogP contribution is -2.11. The topological polar surface area (TPSA) is 44.5 Å². The molecule has 0 unspecified atom stereocenters. The van der Waals surface area contributed by atoms with Crippen molar-refractivity contribution in [3.63, 3.8) is 0 Å². The molecule has 16 heavy (non-hydrogen) atoms. The maximum Gasteiger partial charge on any atom is 0.145 e. The van der Waals surface area contributed by atoms with Crippen molar-refractivity contribution >= 4 is 5.69 Å². The summed E-state index contributed by atoms with van der Waals surface area (Å²) in [6, 6.07) is 5.47. The summed E-state index contributed by atoms with van der Waals surface area (Å²) in [5.41, 5.74) is 6.49. The highest BCUT2D eigenvalue weighted by Gasteiger charge is 2.07. The Morgan fingerprint density at radius 2 is 1.94 bits per heavy atom. The summed E-state index contributed by atoms with van der Waals surface area (Å²) >= 11 is 0. The molecular formula is C13H21NO2. The zero-order valence-corrected chi connectivity index (χ0v) is 10.3. The Morgan fingerprint density at radius 1 is 1.25 bits per heavy atom. The first-order valence-electron chi connectivity index (χ1n) is 5.77. The second-order valence-electron chi connectivity index (χ2n) is 3.90. The minimum absolute atomic E-state index is 0.589. The van der Waals surface area contributed by atoms with Gasteiger partial charge in [-0.3, -0.25) is 0 Å². The molecule has 3 heteroatoms. The van der Waals surface area contributed by atoms with E-state index in [9.17, 15) is 0 Å². The molecule has 0 aliphatic heterocycles. The highest BCUT2D eigenvalue weighted by atomic mass is 16.5. The molecule has 0 spiro atoms. The van der Waals surface area contributed by atoms with Gasteiger partial charge in [0.15, 0.2) is 0 Å².